The molecule has 3 nitrogen and oxygen atoms in total. The predicted molar refractivity (Wildman–Crippen MR) is 72.7 cm³/mol. The molecule has 1 aliphatic carbocycles. The summed E-state index contributed by atoms with van der Waals surface area (Å²) >= 11 is 0. The average Bonchev–Trinajstić information content (AvgIpc) is 2.37. The van der Waals surface area contributed by atoms with Gasteiger partial charge in [-0.2, -0.15) is 0 Å². The summed E-state index contributed by atoms with van der Waals surface area (Å²) in [6.45, 7) is 2.10. The Morgan fingerprint density at radius 2 is 2.17 bits per heavy atom. The van der Waals surface area contributed by atoms with Crippen LogP contribution in [0, 0.1) is 0 Å². The van der Waals surface area contributed by atoms with Crippen LogP contribution in [0.2, 0.25) is 0 Å². The normalized spacial score (nSPS) is 19.1. The Hall–Kier alpha value is -1.06. The molecule has 0 heterocycles. The molecule has 0 amide bonds. The summed E-state index contributed by atoms with van der Waals surface area (Å²) in [7, 11) is 1.68. The van der Waals surface area contributed by atoms with Crippen LogP contribution >= 0.6 is 0 Å². The lowest BCUT2D eigenvalue weighted by Crippen LogP contribution is -2.34. The fourth-order valence-corrected chi connectivity index (χ4v) is 2.17. The molecule has 0 spiro atoms. The Bertz CT molecular complexity index is 377. The Balaban J connectivity index is 2.14. The fourth-order valence-electron chi connectivity index (χ4n) is 2.17. The van der Waals surface area contributed by atoms with Crippen LogP contribution in [0.5, 0.6) is 5.75 Å². The van der Waals surface area contributed by atoms with Crippen LogP contribution in [-0.4, -0.2) is 19.3 Å². The molecule has 0 aliphatic heterocycles. The molecule has 0 bridgehead atoms. The highest BCUT2D eigenvalue weighted by Gasteiger charge is 2.27. The van der Waals surface area contributed by atoms with E-state index in [4.69, 9.17) is 15.2 Å². The first-order valence-corrected chi connectivity index (χ1v) is 6.79. The van der Waals surface area contributed by atoms with Gasteiger partial charge in [0.25, 0.3) is 0 Å². The minimum absolute atomic E-state index is 0.0181. The van der Waals surface area contributed by atoms with Crippen molar-refractivity contribution in [3.05, 3.63) is 29.8 Å². The molecule has 2 unspecified atom stereocenters. The molecule has 18 heavy (non-hydrogen) atoms. The smallest absolute Gasteiger partial charge is 0.119 e. The third-order valence-electron chi connectivity index (χ3n) is 3.67. The zero-order chi connectivity index (χ0) is 13.0. The van der Waals surface area contributed by atoms with Gasteiger partial charge in [0.15, 0.2) is 0 Å². The first kappa shape index (κ1) is 13.4. The standard InChI is InChI=1S/C15H23NO2/c1-3-14(16)15(18-12-7-5-8-12)11-6-4-9-13(10-11)17-2/h4,6,9-10,12,14-15H,3,5,7-8,16H2,1-2H3. The lowest BCUT2D eigenvalue weighted by Gasteiger charge is -2.33. The number of nitrogens with two attached hydrogens (primary N) is 1. The SMILES string of the molecule is CCC(N)C(OC1CCC1)c1cccc(OC)c1. The summed E-state index contributed by atoms with van der Waals surface area (Å²) in [5.41, 5.74) is 7.32. The maximum atomic E-state index is 6.20. The summed E-state index contributed by atoms with van der Waals surface area (Å²) in [5.74, 6) is 0.859. The van der Waals surface area contributed by atoms with Crippen molar-refractivity contribution >= 4 is 0 Å². The van der Waals surface area contributed by atoms with Gasteiger partial charge in [0.05, 0.1) is 19.3 Å². The zero-order valence-corrected chi connectivity index (χ0v) is 11.3. The molecule has 2 N–H and O–H groups in total. The largest absolute Gasteiger partial charge is 0.497 e. The van der Waals surface area contributed by atoms with Gasteiger partial charge in [-0.15, -0.1) is 0 Å². The molecule has 1 saturated carbocycles. The van der Waals surface area contributed by atoms with E-state index in [0.29, 0.717) is 6.10 Å². The van der Waals surface area contributed by atoms with E-state index in [-0.39, 0.29) is 12.1 Å². The Kier molecular flexibility index (Phi) is 4.61. The summed E-state index contributed by atoms with van der Waals surface area (Å²) < 4.78 is 11.4. The van der Waals surface area contributed by atoms with E-state index in [1.54, 1.807) is 7.11 Å². The van der Waals surface area contributed by atoms with Gasteiger partial charge in [0.1, 0.15) is 5.75 Å². The van der Waals surface area contributed by atoms with Crippen molar-refractivity contribution in [2.45, 2.75) is 50.9 Å². The lowest BCUT2D eigenvalue weighted by atomic mass is 9.94. The van der Waals surface area contributed by atoms with Gasteiger partial charge in [-0.05, 0) is 43.4 Å². The van der Waals surface area contributed by atoms with Gasteiger partial charge in [-0.3, -0.25) is 0 Å². The molecule has 2 atom stereocenters. The van der Waals surface area contributed by atoms with Crippen LogP contribution in [0.15, 0.2) is 24.3 Å². The van der Waals surface area contributed by atoms with E-state index in [1.165, 1.54) is 6.42 Å². The third kappa shape index (κ3) is 3.03. The molecular formula is C15H23NO2. The predicted octanol–water partition coefficient (Wildman–Crippen LogP) is 3.04. The summed E-state index contributed by atoms with van der Waals surface area (Å²) in [6.07, 6.45) is 4.88. The minimum atomic E-state index is -0.0181. The van der Waals surface area contributed by atoms with Crippen LogP contribution in [0.3, 0.4) is 0 Å². The zero-order valence-electron chi connectivity index (χ0n) is 11.3. The first-order chi connectivity index (χ1) is 8.74. The van der Waals surface area contributed by atoms with E-state index < -0.39 is 0 Å². The molecule has 100 valence electrons. The van der Waals surface area contributed by atoms with Gasteiger partial charge < -0.3 is 15.2 Å². The van der Waals surface area contributed by atoms with Gasteiger partial charge in [0, 0.05) is 6.04 Å². The van der Waals surface area contributed by atoms with Crippen LogP contribution in [0.4, 0.5) is 0 Å². The van der Waals surface area contributed by atoms with Crippen molar-refractivity contribution in [3.8, 4) is 5.75 Å². The highest BCUT2D eigenvalue weighted by Crippen LogP contribution is 2.32. The average molecular weight is 249 g/mol. The summed E-state index contributed by atoms with van der Waals surface area (Å²) in [6, 6.07) is 8.08. The number of hydrogen-bond donors (Lipinski definition) is 1. The van der Waals surface area contributed by atoms with Crippen molar-refractivity contribution in [2.24, 2.45) is 5.73 Å². The fraction of sp³-hybridized carbons (Fsp3) is 0.600. The number of rotatable bonds is 6. The molecule has 1 aromatic rings. The van der Waals surface area contributed by atoms with Crippen LogP contribution in [-0.2, 0) is 4.74 Å². The Morgan fingerprint density at radius 1 is 1.39 bits per heavy atom. The third-order valence-corrected chi connectivity index (χ3v) is 3.67. The van der Waals surface area contributed by atoms with Crippen LogP contribution in [0.25, 0.3) is 0 Å². The molecule has 3 heteroatoms. The minimum Gasteiger partial charge on any atom is -0.497 e. The van der Waals surface area contributed by atoms with Crippen molar-refractivity contribution in [2.75, 3.05) is 7.11 Å². The van der Waals surface area contributed by atoms with E-state index in [9.17, 15) is 0 Å². The van der Waals surface area contributed by atoms with Crippen LogP contribution in [0.1, 0.15) is 44.3 Å². The molecule has 0 radical (unpaired) electrons. The maximum absolute atomic E-state index is 6.20. The van der Waals surface area contributed by atoms with Gasteiger partial charge in [0.2, 0.25) is 0 Å². The molecule has 0 saturated heterocycles. The van der Waals surface area contributed by atoms with Crippen molar-refractivity contribution in [3.63, 3.8) is 0 Å². The second-order valence-corrected chi connectivity index (χ2v) is 4.96. The summed E-state index contributed by atoms with van der Waals surface area (Å²) in [5, 5.41) is 0. The lowest BCUT2D eigenvalue weighted by molar-refractivity contribution is -0.0638. The topological polar surface area (TPSA) is 44.5 Å². The van der Waals surface area contributed by atoms with Crippen molar-refractivity contribution in [1.82, 2.24) is 0 Å². The molecular weight excluding hydrogens is 226 g/mol. The number of methoxy groups -OCH3 is 1. The molecule has 0 aromatic heterocycles. The molecule has 2 rings (SSSR count). The quantitative estimate of drug-likeness (QED) is 0.842. The van der Waals surface area contributed by atoms with E-state index >= 15 is 0 Å². The molecule has 1 fully saturated rings. The number of benzene rings is 1. The Morgan fingerprint density at radius 3 is 2.72 bits per heavy atom. The number of hydrogen-bond acceptors (Lipinski definition) is 3. The summed E-state index contributed by atoms with van der Waals surface area (Å²) in [4.78, 5) is 0. The monoisotopic (exact) mass is 249 g/mol. The van der Waals surface area contributed by atoms with E-state index in [0.717, 1.165) is 30.6 Å². The number of ether oxygens (including phenoxy) is 2. The molecule has 1 aromatic carbocycles. The highest BCUT2D eigenvalue weighted by molar-refractivity contribution is 5.30. The van der Waals surface area contributed by atoms with E-state index in [1.807, 2.05) is 18.2 Å². The van der Waals surface area contributed by atoms with Gasteiger partial charge >= 0.3 is 0 Å². The second kappa shape index (κ2) is 6.21. The first-order valence-electron chi connectivity index (χ1n) is 6.79. The van der Waals surface area contributed by atoms with Crippen molar-refractivity contribution in [1.29, 1.82) is 0 Å². The second-order valence-electron chi connectivity index (χ2n) is 4.96. The van der Waals surface area contributed by atoms with Crippen LogP contribution < -0.4 is 10.5 Å². The highest BCUT2D eigenvalue weighted by atomic mass is 16.5. The van der Waals surface area contributed by atoms with Gasteiger partial charge in [-0.1, -0.05) is 19.1 Å². The van der Waals surface area contributed by atoms with Gasteiger partial charge in [-0.25, -0.2) is 0 Å². The Labute approximate surface area is 109 Å². The van der Waals surface area contributed by atoms with E-state index in [2.05, 4.69) is 13.0 Å². The molecule has 1 aliphatic rings. The maximum Gasteiger partial charge on any atom is 0.119 e. The van der Waals surface area contributed by atoms with Crippen molar-refractivity contribution < 1.29 is 9.47 Å².